The van der Waals surface area contributed by atoms with Gasteiger partial charge in [0.1, 0.15) is 0 Å². The van der Waals surface area contributed by atoms with Gasteiger partial charge in [-0.3, -0.25) is 14.9 Å². The number of carbonyl (C=O) groups is 1. The number of amides is 1. The number of nitrogens with zero attached hydrogens (tertiary/aromatic N) is 3. The van der Waals surface area contributed by atoms with Crippen LogP contribution in [0.4, 0.5) is 5.69 Å². The molecule has 0 radical (unpaired) electrons. The number of hydrogen-bond acceptors (Lipinski definition) is 5. The second-order valence-electron chi connectivity index (χ2n) is 4.29. The van der Waals surface area contributed by atoms with Gasteiger partial charge in [0.2, 0.25) is 0 Å². The Balaban J connectivity index is 2.48. The van der Waals surface area contributed by atoms with Crippen molar-refractivity contribution in [1.29, 1.82) is 0 Å². The number of nitrogens with one attached hydrogen (secondary N) is 1. The molecule has 7 heteroatoms. The van der Waals surface area contributed by atoms with Gasteiger partial charge in [-0.25, -0.2) is 10.0 Å². The summed E-state index contributed by atoms with van der Waals surface area (Å²) < 4.78 is 0. The Labute approximate surface area is 111 Å². The molecule has 0 atom stereocenters. The summed E-state index contributed by atoms with van der Waals surface area (Å²) in [6.07, 6.45) is 0. The predicted molar refractivity (Wildman–Crippen MR) is 71.7 cm³/mol. The number of likely N-dealkylation sites (N-methyl/N-ethyl adjacent to an activating group) is 1. The number of hydrogen-bond donors (Lipinski definition) is 1. The van der Waals surface area contributed by atoms with Crippen molar-refractivity contribution < 1.29 is 9.72 Å². The molecule has 0 bridgehead atoms. The second-order valence-corrected chi connectivity index (χ2v) is 4.29. The van der Waals surface area contributed by atoms with E-state index in [-0.39, 0.29) is 11.6 Å². The zero-order chi connectivity index (χ0) is 14.4. The van der Waals surface area contributed by atoms with Crippen LogP contribution in [0.25, 0.3) is 0 Å². The largest absolute Gasteiger partial charge is 0.351 e. The molecule has 0 aliphatic rings. The predicted octanol–water partition coefficient (Wildman–Crippen LogP) is 0.733. The summed E-state index contributed by atoms with van der Waals surface area (Å²) in [6.45, 7) is 1.19. The Morgan fingerprint density at radius 2 is 1.84 bits per heavy atom. The van der Waals surface area contributed by atoms with E-state index in [1.165, 1.54) is 24.3 Å². The minimum Gasteiger partial charge on any atom is -0.351 e. The number of nitro benzene ring substituents is 1. The molecule has 0 spiro atoms. The van der Waals surface area contributed by atoms with Gasteiger partial charge in [0.05, 0.1) is 4.92 Å². The molecule has 0 saturated heterocycles. The minimum atomic E-state index is -0.492. The molecule has 0 aliphatic heterocycles. The first-order valence-electron chi connectivity index (χ1n) is 5.83. The molecule has 0 unspecified atom stereocenters. The van der Waals surface area contributed by atoms with Crippen LogP contribution in [0.2, 0.25) is 0 Å². The van der Waals surface area contributed by atoms with Crippen LogP contribution in [0.5, 0.6) is 0 Å². The molecule has 1 aromatic rings. The average molecular weight is 266 g/mol. The van der Waals surface area contributed by atoms with Gasteiger partial charge in [-0.2, -0.15) is 0 Å². The molecule has 104 valence electrons. The highest BCUT2D eigenvalue weighted by Gasteiger charge is 2.09. The monoisotopic (exact) mass is 266 g/mol. The van der Waals surface area contributed by atoms with Crippen LogP contribution >= 0.6 is 0 Å². The van der Waals surface area contributed by atoms with Crippen molar-refractivity contribution >= 4 is 11.6 Å². The van der Waals surface area contributed by atoms with E-state index in [1.54, 1.807) is 0 Å². The second kappa shape index (κ2) is 6.81. The molecule has 1 N–H and O–H groups in total. The Kier molecular flexibility index (Phi) is 5.40. The summed E-state index contributed by atoms with van der Waals surface area (Å²) >= 11 is 0. The van der Waals surface area contributed by atoms with Crippen LogP contribution in [0, 0.1) is 10.1 Å². The van der Waals surface area contributed by atoms with Crippen molar-refractivity contribution in [2.75, 3.05) is 34.2 Å². The van der Waals surface area contributed by atoms with Crippen LogP contribution in [0.1, 0.15) is 10.4 Å². The number of benzene rings is 1. The van der Waals surface area contributed by atoms with Gasteiger partial charge in [-0.15, -0.1) is 0 Å². The number of hydrazine groups is 1. The maximum Gasteiger partial charge on any atom is 0.269 e. The number of non-ortho nitro benzene ring substituents is 1. The summed E-state index contributed by atoms with van der Waals surface area (Å²) in [5.74, 6) is -0.234. The van der Waals surface area contributed by atoms with Gasteiger partial charge in [0.15, 0.2) is 0 Å². The lowest BCUT2D eigenvalue weighted by molar-refractivity contribution is -0.384. The zero-order valence-electron chi connectivity index (χ0n) is 11.3. The highest BCUT2D eigenvalue weighted by molar-refractivity contribution is 5.94. The van der Waals surface area contributed by atoms with Crippen LogP contribution in [0.15, 0.2) is 24.3 Å². The van der Waals surface area contributed by atoms with E-state index in [0.717, 1.165) is 0 Å². The van der Waals surface area contributed by atoms with E-state index >= 15 is 0 Å². The van der Waals surface area contributed by atoms with E-state index in [1.807, 2.05) is 31.2 Å². The van der Waals surface area contributed by atoms with E-state index < -0.39 is 4.92 Å². The van der Waals surface area contributed by atoms with E-state index in [0.29, 0.717) is 18.7 Å². The summed E-state index contributed by atoms with van der Waals surface area (Å²) in [6, 6.07) is 5.54. The third-order valence-electron chi connectivity index (χ3n) is 2.74. The Bertz CT molecular complexity index is 445. The standard InChI is InChI=1S/C12H18N4O3/c1-14(2)15(3)9-8-13-12(17)10-4-6-11(7-5-10)16(18)19/h4-7H,8-9H2,1-3H3,(H,13,17). The molecule has 7 nitrogen and oxygen atoms in total. The smallest absolute Gasteiger partial charge is 0.269 e. The zero-order valence-corrected chi connectivity index (χ0v) is 11.3. The Hall–Kier alpha value is -1.99. The van der Waals surface area contributed by atoms with Crippen molar-refractivity contribution in [3.05, 3.63) is 39.9 Å². The fraction of sp³-hybridized carbons (Fsp3) is 0.417. The van der Waals surface area contributed by atoms with E-state index in [9.17, 15) is 14.9 Å². The summed E-state index contributed by atoms with van der Waals surface area (Å²) in [4.78, 5) is 21.8. The van der Waals surface area contributed by atoms with Crippen molar-refractivity contribution in [3.8, 4) is 0 Å². The van der Waals surface area contributed by atoms with Crippen LogP contribution in [-0.2, 0) is 0 Å². The highest BCUT2D eigenvalue weighted by Crippen LogP contribution is 2.11. The average Bonchev–Trinajstić information content (AvgIpc) is 2.38. The fourth-order valence-electron chi connectivity index (χ4n) is 1.37. The fourth-order valence-corrected chi connectivity index (χ4v) is 1.37. The molecule has 0 aliphatic carbocycles. The Morgan fingerprint density at radius 3 is 2.32 bits per heavy atom. The first-order chi connectivity index (χ1) is 8.91. The topological polar surface area (TPSA) is 78.7 Å². The third kappa shape index (κ3) is 4.65. The molecule has 0 heterocycles. The SMILES string of the molecule is CN(C)N(C)CCNC(=O)c1ccc([N+](=O)[O-])cc1. The lowest BCUT2D eigenvalue weighted by Gasteiger charge is -2.23. The molecular weight excluding hydrogens is 248 g/mol. The lowest BCUT2D eigenvalue weighted by Crippen LogP contribution is -2.39. The minimum absolute atomic E-state index is 0.0242. The molecule has 1 rings (SSSR count). The van der Waals surface area contributed by atoms with Gasteiger partial charge in [0.25, 0.3) is 11.6 Å². The molecule has 0 saturated carbocycles. The number of rotatable bonds is 6. The molecule has 0 fully saturated rings. The lowest BCUT2D eigenvalue weighted by atomic mass is 10.2. The van der Waals surface area contributed by atoms with Crippen LogP contribution in [0.3, 0.4) is 0 Å². The first kappa shape index (κ1) is 15.1. The van der Waals surface area contributed by atoms with Crippen LogP contribution < -0.4 is 5.32 Å². The summed E-state index contributed by atoms with van der Waals surface area (Å²) in [7, 11) is 5.74. The maximum absolute atomic E-state index is 11.8. The van der Waals surface area contributed by atoms with Crippen molar-refractivity contribution in [2.24, 2.45) is 0 Å². The first-order valence-corrected chi connectivity index (χ1v) is 5.83. The highest BCUT2D eigenvalue weighted by atomic mass is 16.6. The van der Waals surface area contributed by atoms with Gasteiger partial charge < -0.3 is 5.32 Å². The van der Waals surface area contributed by atoms with Gasteiger partial charge >= 0.3 is 0 Å². The van der Waals surface area contributed by atoms with Gasteiger partial charge in [-0.05, 0) is 12.1 Å². The third-order valence-corrected chi connectivity index (χ3v) is 2.74. The normalized spacial score (nSPS) is 10.8. The maximum atomic E-state index is 11.8. The number of nitro groups is 1. The molecule has 19 heavy (non-hydrogen) atoms. The number of carbonyl (C=O) groups excluding carboxylic acids is 1. The van der Waals surface area contributed by atoms with Gasteiger partial charge in [-0.1, -0.05) is 0 Å². The molecule has 0 aromatic heterocycles. The molecule has 1 amide bonds. The van der Waals surface area contributed by atoms with Crippen molar-refractivity contribution in [2.45, 2.75) is 0 Å². The van der Waals surface area contributed by atoms with Crippen molar-refractivity contribution in [1.82, 2.24) is 15.3 Å². The van der Waals surface area contributed by atoms with Crippen molar-refractivity contribution in [3.63, 3.8) is 0 Å². The Morgan fingerprint density at radius 1 is 1.26 bits per heavy atom. The van der Waals surface area contributed by atoms with Gasteiger partial charge in [0, 0.05) is 51.9 Å². The quantitative estimate of drug-likeness (QED) is 0.606. The molecular formula is C12H18N4O3. The summed E-state index contributed by atoms with van der Waals surface area (Å²) in [5.41, 5.74) is 0.391. The molecule has 1 aromatic carbocycles. The van der Waals surface area contributed by atoms with Crippen LogP contribution in [-0.4, -0.2) is 55.1 Å². The van der Waals surface area contributed by atoms with E-state index in [4.69, 9.17) is 0 Å². The summed E-state index contributed by atoms with van der Waals surface area (Å²) in [5, 5.41) is 17.1. The van der Waals surface area contributed by atoms with E-state index in [2.05, 4.69) is 5.32 Å².